The number of fused-ring (bicyclic) bond motifs is 1. The van der Waals surface area contributed by atoms with Gasteiger partial charge in [0.2, 0.25) is 0 Å². The van der Waals surface area contributed by atoms with Crippen LogP contribution < -0.4 is 14.4 Å². The Hall–Kier alpha value is -3.12. The molecule has 0 fully saturated rings. The Labute approximate surface area is 193 Å². The van der Waals surface area contributed by atoms with E-state index < -0.39 is 12.1 Å². The highest BCUT2D eigenvalue weighted by Gasteiger charge is 2.22. The highest BCUT2D eigenvalue weighted by atomic mass is 32.2. The summed E-state index contributed by atoms with van der Waals surface area (Å²) in [5, 5.41) is 0. The summed E-state index contributed by atoms with van der Waals surface area (Å²) >= 11 is 1.91. The second-order valence-electron chi connectivity index (χ2n) is 7.44. The third-order valence-corrected chi connectivity index (χ3v) is 6.33. The van der Waals surface area contributed by atoms with E-state index in [1.54, 1.807) is 0 Å². The fourth-order valence-electron chi connectivity index (χ4n) is 3.64. The van der Waals surface area contributed by atoms with E-state index in [1.807, 2.05) is 66.4 Å². The predicted molar refractivity (Wildman–Crippen MR) is 128 cm³/mol. The van der Waals surface area contributed by atoms with Crippen molar-refractivity contribution in [1.29, 1.82) is 0 Å². The summed E-state index contributed by atoms with van der Waals surface area (Å²) in [5.74, 6) is 2.15. The molecule has 0 bridgehead atoms. The molecule has 3 aromatic rings. The lowest BCUT2D eigenvalue weighted by molar-refractivity contribution is -0.148. The van der Waals surface area contributed by atoms with Gasteiger partial charge in [-0.3, -0.25) is 0 Å². The number of thioether (sulfide) groups is 1. The van der Waals surface area contributed by atoms with Crippen molar-refractivity contribution in [3.63, 3.8) is 0 Å². The number of para-hydroxylation sites is 2. The van der Waals surface area contributed by atoms with Crippen molar-refractivity contribution in [3.8, 4) is 11.5 Å². The molecular formula is C26H27NO4S. The second-order valence-corrected chi connectivity index (χ2v) is 8.58. The number of esters is 1. The lowest BCUT2D eigenvalue weighted by atomic mass is 10.1. The molecule has 6 heteroatoms. The summed E-state index contributed by atoms with van der Waals surface area (Å²) in [4.78, 5) is 15.9. The van der Waals surface area contributed by atoms with Gasteiger partial charge in [-0.15, -0.1) is 11.8 Å². The zero-order valence-corrected chi connectivity index (χ0v) is 18.9. The summed E-state index contributed by atoms with van der Waals surface area (Å²) in [7, 11) is 1.38. The third kappa shape index (κ3) is 5.77. The molecule has 1 aliphatic heterocycles. The summed E-state index contributed by atoms with van der Waals surface area (Å²) < 4.78 is 16.7. The average molecular weight is 450 g/mol. The van der Waals surface area contributed by atoms with Gasteiger partial charge in [0, 0.05) is 23.6 Å². The Bertz CT molecular complexity index is 1010. The van der Waals surface area contributed by atoms with Crippen LogP contribution in [0.3, 0.4) is 0 Å². The lowest BCUT2D eigenvalue weighted by Crippen LogP contribution is -2.33. The molecule has 0 aromatic heterocycles. The molecule has 1 atom stereocenters. The fraction of sp³-hybridized carbons (Fsp3) is 0.269. The van der Waals surface area contributed by atoms with E-state index in [1.165, 1.54) is 17.7 Å². The van der Waals surface area contributed by atoms with Crippen molar-refractivity contribution in [1.82, 2.24) is 0 Å². The third-order valence-electron chi connectivity index (χ3n) is 5.28. The summed E-state index contributed by atoms with van der Waals surface area (Å²) in [6.07, 6.45) is -0.282. The molecule has 3 aromatic carbocycles. The first kappa shape index (κ1) is 22.1. The van der Waals surface area contributed by atoms with Crippen LogP contribution in [0, 0.1) is 0 Å². The molecule has 0 saturated heterocycles. The van der Waals surface area contributed by atoms with E-state index >= 15 is 0 Å². The van der Waals surface area contributed by atoms with Gasteiger partial charge in [0.25, 0.3) is 0 Å². The number of methoxy groups -OCH3 is 1. The maximum absolute atomic E-state index is 12.2. The number of rotatable bonds is 9. The van der Waals surface area contributed by atoms with Crippen molar-refractivity contribution in [2.75, 3.05) is 37.5 Å². The molecule has 32 heavy (non-hydrogen) atoms. The minimum Gasteiger partial charge on any atom is -0.492 e. The van der Waals surface area contributed by atoms with E-state index in [0.717, 1.165) is 30.2 Å². The Balaban J connectivity index is 1.31. The largest absolute Gasteiger partial charge is 0.492 e. The molecule has 0 aliphatic carbocycles. The molecule has 1 aliphatic rings. The van der Waals surface area contributed by atoms with Crippen molar-refractivity contribution in [3.05, 3.63) is 84.4 Å². The van der Waals surface area contributed by atoms with Gasteiger partial charge in [-0.2, -0.15) is 0 Å². The molecule has 0 radical (unpaired) electrons. The van der Waals surface area contributed by atoms with Gasteiger partial charge in [0.15, 0.2) is 6.10 Å². The molecule has 166 valence electrons. The van der Waals surface area contributed by atoms with Crippen LogP contribution in [0.15, 0.2) is 83.8 Å². The lowest BCUT2D eigenvalue weighted by Gasteiger charge is -2.30. The van der Waals surface area contributed by atoms with Gasteiger partial charge in [-0.05, 0) is 42.0 Å². The molecular weight excluding hydrogens is 422 g/mol. The van der Waals surface area contributed by atoms with E-state index in [4.69, 9.17) is 14.2 Å². The monoisotopic (exact) mass is 449 g/mol. The molecule has 1 heterocycles. The van der Waals surface area contributed by atoms with Crippen LogP contribution in [0.25, 0.3) is 0 Å². The van der Waals surface area contributed by atoms with E-state index in [2.05, 4.69) is 29.2 Å². The molecule has 0 spiro atoms. The van der Waals surface area contributed by atoms with E-state index in [9.17, 15) is 4.79 Å². The minimum atomic E-state index is -0.703. The smallest absolute Gasteiger partial charge is 0.347 e. The molecule has 0 N–H and O–H groups in total. The SMILES string of the molecule is COC(=O)C(Cc1ccc(OCCN2CCSc3ccccc32)cc1)Oc1ccccc1. The number of ether oxygens (including phenoxy) is 3. The maximum Gasteiger partial charge on any atom is 0.347 e. The standard InChI is InChI=1S/C26H27NO4S/c1-29-26(28)24(31-22-7-3-2-4-8-22)19-20-11-13-21(14-12-20)30-17-15-27-16-18-32-25-10-6-5-9-23(25)27/h2-14,24H,15-19H2,1H3. The quantitative estimate of drug-likeness (QED) is 0.436. The Morgan fingerprint density at radius 2 is 1.72 bits per heavy atom. The van der Waals surface area contributed by atoms with Gasteiger partial charge < -0.3 is 19.1 Å². The van der Waals surface area contributed by atoms with Crippen molar-refractivity contribution in [2.45, 2.75) is 17.4 Å². The van der Waals surface area contributed by atoms with E-state index in [-0.39, 0.29) is 0 Å². The maximum atomic E-state index is 12.2. The topological polar surface area (TPSA) is 48.0 Å². The Kier molecular flexibility index (Phi) is 7.56. The van der Waals surface area contributed by atoms with Gasteiger partial charge in [-0.1, -0.05) is 42.5 Å². The highest BCUT2D eigenvalue weighted by Crippen LogP contribution is 2.34. The minimum absolute atomic E-state index is 0.394. The van der Waals surface area contributed by atoms with Crippen molar-refractivity contribution in [2.24, 2.45) is 0 Å². The number of anilines is 1. The molecule has 1 unspecified atom stereocenters. The first-order valence-electron chi connectivity index (χ1n) is 10.7. The zero-order valence-electron chi connectivity index (χ0n) is 18.1. The van der Waals surface area contributed by atoms with Crippen molar-refractivity contribution >= 4 is 23.4 Å². The van der Waals surface area contributed by atoms with Crippen LogP contribution in [-0.2, 0) is 16.0 Å². The van der Waals surface area contributed by atoms with Crippen LogP contribution in [0.4, 0.5) is 5.69 Å². The van der Waals surface area contributed by atoms with Gasteiger partial charge in [0.1, 0.15) is 18.1 Å². The van der Waals surface area contributed by atoms with Crippen LogP contribution in [0.2, 0.25) is 0 Å². The van der Waals surface area contributed by atoms with Gasteiger partial charge >= 0.3 is 5.97 Å². The summed E-state index contributed by atoms with van der Waals surface area (Å²) in [5.41, 5.74) is 2.26. The number of carbonyl (C=O) groups excluding carboxylic acids is 1. The van der Waals surface area contributed by atoms with Gasteiger partial charge in [0.05, 0.1) is 19.3 Å². The molecule has 4 rings (SSSR count). The summed E-state index contributed by atoms with van der Waals surface area (Å²) in [6.45, 7) is 2.48. The van der Waals surface area contributed by atoms with Crippen molar-refractivity contribution < 1.29 is 19.0 Å². The van der Waals surface area contributed by atoms with Gasteiger partial charge in [-0.25, -0.2) is 4.79 Å². The second kappa shape index (κ2) is 11.0. The first-order valence-corrected chi connectivity index (χ1v) is 11.7. The van der Waals surface area contributed by atoms with E-state index in [0.29, 0.717) is 18.8 Å². The van der Waals surface area contributed by atoms with Crippen LogP contribution in [0.1, 0.15) is 5.56 Å². The predicted octanol–water partition coefficient (Wildman–Crippen LogP) is 4.84. The number of benzene rings is 3. The highest BCUT2D eigenvalue weighted by molar-refractivity contribution is 7.99. The molecule has 0 saturated carbocycles. The number of hydrogen-bond acceptors (Lipinski definition) is 6. The Morgan fingerprint density at radius 1 is 0.969 bits per heavy atom. The van der Waals surface area contributed by atoms with Crippen LogP contribution in [-0.4, -0.2) is 44.6 Å². The van der Waals surface area contributed by atoms with Crippen LogP contribution >= 0.6 is 11.8 Å². The first-order chi connectivity index (χ1) is 15.7. The zero-order chi connectivity index (χ0) is 22.2. The van der Waals surface area contributed by atoms with Crippen LogP contribution in [0.5, 0.6) is 11.5 Å². The number of nitrogens with zero attached hydrogens (tertiary/aromatic N) is 1. The summed E-state index contributed by atoms with van der Waals surface area (Å²) in [6, 6.07) is 25.6. The number of carbonyl (C=O) groups is 1. The molecule has 5 nitrogen and oxygen atoms in total. The Morgan fingerprint density at radius 3 is 2.50 bits per heavy atom. The fourth-order valence-corrected chi connectivity index (χ4v) is 4.69. The normalized spacial score (nSPS) is 13.7. The molecule has 0 amide bonds. The average Bonchev–Trinajstić information content (AvgIpc) is 2.85. The number of hydrogen-bond donors (Lipinski definition) is 0.